The molecule has 1 aliphatic rings. The van der Waals surface area contributed by atoms with Gasteiger partial charge in [-0.1, -0.05) is 12.1 Å². The molecule has 0 amide bonds. The van der Waals surface area contributed by atoms with E-state index in [0.29, 0.717) is 19.6 Å². The lowest BCUT2D eigenvalue weighted by molar-refractivity contribution is 0.227. The highest BCUT2D eigenvalue weighted by atomic mass is 127. The number of halogens is 2. The number of ether oxygens (including phenoxy) is 1. The molecule has 9 heteroatoms. The lowest BCUT2D eigenvalue weighted by Gasteiger charge is -2.39. The first-order valence-corrected chi connectivity index (χ1v) is 11.3. The molecule has 2 rings (SSSR count). The van der Waals surface area contributed by atoms with Crippen LogP contribution in [0.4, 0.5) is 0 Å². The van der Waals surface area contributed by atoms with Gasteiger partial charge in [-0.25, -0.2) is 13.4 Å². The topological polar surface area (TPSA) is 71.0 Å². The fourth-order valence-electron chi connectivity index (χ4n) is 2.76. The minimum Gasteiger partial charge on any atom is -0.488 e. The zero-order chi connectivity index (χ0) is 19.4. The van der Waals surface area contributed by atoms with E-state index in [1.165, 1.54) is 0 Å². The van der Waals surface area contributed by atoms with Crippen LogP contribution in [0.15, 0.2) is 33.7 Å². The predicted octanol–water partition coefficient (Wildman–Crippen LogP) is 3.31. The normalized spacial score (nSPS) is 19.7. The molecule has 1 aromatic rings. The summed E-state index contributed by atoms with van der Waals surface area (Å²) >= 11 is 3.48. The molecule has 0 spiro atoms. The summed E-state index contributed by atoms with van der Waals surface area (Å²) in [5, 5.41) is 3.26. The van der Waals surface area contributed by atoms with E-state index in [1.807, 2.05) is 43.0 Å². The maximum atomic E-state index is 12.2. The van der Waals surface area contributed by atoms with Crippen LogP contribution in [-0.4, -0.2) is 62.1 Å². The number of hydrogen-bond donors (Lipinski definition) is 1. The molecule has 0 radical (unpaired) electrons. The molecule has 0 saturated carbocycles. The quantitative estimate of drug-likeness (QED) is 0.332. The average molecular weight is 574 g/mol. The first kappa shape index (κ1) is 24.5. The van der Waals surface area contributed by atoms with Gasteiger partial charge in [0.1, 0.15) is 11.9 Å². The fourth-order valence-corrected chi connectivity index (χ4v) is 4.50. The Morgan fingerprint density at radius 2 is 2.07 bits per heavy atom. The second kappa shape index (κ2) is 10.3. The van der Waals surface area contributed by atoms with Crippen LogP contribution in [0.2, 0.25) is 0 Å². The van der Waals surface area contributed by atoms with E-state index in [1.54, 1.807) is 13.8 Å². The third kappa shape index (κ3) is 6.49. The molecule has 1 unspecified atom stereocenters. The van der Waals surface area contributed by atoms with Gasteiger partial charge >= 0.3 is 0 Å². The molecular weight excluding hydrogens is 545 g/mol. The molecule has 6 nitrogen and oxygen atoms in total. The number of sulfone groups is 1. The van der Waals surface area contributed by atoms with Crippen LogP contribution >= 0.6 is 39.9 Å². The highest BCUT2D eigenvalue weighted by molar-refractivity contribution is 14.0. The smallest absolute Gasteiger partial charge is 0.194 e. The van der Waals surface area contributed by atoms with E-state index in [-0.39, 0.29) is 35.8 Å². The molecule has 1 aromatic carbocycles. The third-order valence-electron chi connectivity index (χ3n) is 4.34. The average Bonchev–Trinajstić information content (AvgIpc) is 2.56. The zero-order valence-electron chi connectivity index (χ0n) is 16.2. The van der Waals surface area contributed by atoms with Crippen molar-refractivity contribution in [2.75, 3.05) is 31.9 Å². The van der Waals surface area contributed by atoms with Crippen molar-refractivity contribution in [1.29, 1.82) is 0 Å². The summed E-state index contributed by atoms with van der Waals surface area (Å²) in [6.45, 7) is 9.61. The Balaban J connectivity index is 0.00000364. The molecular formula is C18H29BrIN3O3S. The van der Waals surface area contributed by atoms with Gasteiger partial charge in [0.25, 0.3) is 0 Å². The Bertz CT molecular complexity index is 756. The summed E-state index contributed by atoms with van der Waals surface area (Å²) in [5.41, 5.74) is 0. The van der Waals surface area contributed by atoms with Gasteiger partial charge < -0.3 is 15.0 Å². The molecule has 0 bridgehead atoms. The highest BCUT2D eigenvalue weighted by Crippen LogP contribution is 2.25. The van der Waals surface area contributed by atoms with Gasteiger partial charge in [0, 0.05) is 19.6 Å². The summed E-state index contributed by atoms with van der Waals surface area (Å²) < 4.78 is 30.5. The van der Waals surface area contributed by atoms with Crippen molar-refractivity contribution < 1.29 is 13.2 Å². The van der Waals surface area contributed by atoms with E-state index >= 15 is 0 Å². The van der Waals surface area contributed by atoms with Crippen LogP contribution in [0.1, 0.15) is 27.7 Å². The molecule has 1 fully saturated rings. The maximum absolute atomic E-state index is 12.2. The number of para-hydroxylation sites is 1. The second-order valence-electron chi connectivity index (χ2n) is 7.05. The fraction of sp³-hybridized carbons (Fsp3) is 0.611. The summed E-state index contributed by atoms with van der Waals surface area (Å²) in [6, 6.07) is 7.71. The minimum atomic E-state index is -3.07. The van der Waals surface area contributed by atoms with Gasteiger partial charge in [-0.15, -0.1) is 24.0 Å². The number of benzene rings is 1. The number of guanidine groups is 1. The third-order valence-corrected chi connectivity index (χ3v) is 7.53. The van der Waals surface area contributed by atoms with Crippen LogP contribution < -0.4 is 10.1 Å². The largest absolute Gasteiger partial charge is 0.488 e. The highest BCUT2D eigenvalue weighted by Gasteiger charge is 2.40. The van der Waals surface area contributed by atoms with Crippen molar-refractivity contribution in [2.45, 2.75) is 38.5 Å². The molecule has 0 aliphatic carbocycles. The van der Waals surface area contributed by atoms with Gasteiger partial charge in [-0.3, -0.25) is 0 Å². The molecule has 1 N–H and O–H groups in total. The number of nitrogens with one attached hydrogen (secondary N) is 1. The van der Waals surface area contributed by atoms with E-state index in [0.717, 1.165) is 22.7 Å². The van der Waals surface area contributed by atoms with Crippen LogP contribution in [0.25, 0.3) is 0 Å². The van der Waals surface area contributed by atoms with Crippen LogP contribution in [-0.2, 0) is 9.84 Å². The summed E-state index contributed by atoms with van der Waals surface area (Å²) in [4.78, 5) is 6.70. The van der Waals surface area contributed by atoms with E-state index < -0.39 is 14.6 Å². The monoisotopic (exact) mass is 573 g/mol. The Kier molecular flexibility index (Phi) is 9.33. The van der Waals surface area contributed by atoms with Gasteiger partial charge in [-0.2, -0.15) is 0 Å². The lowest BCUT2D eigenvalue weighted by atomic mass is 10.2. The zero-order valence-corrected chi connectivity index (χ0v) is 21.0. The Morgan fingerprint density at radius 3 is 2.67 bits per heavy atom. The number of rotatable bonds is 5. The number of aliphatic imine (C=N–C) groups is 1. The van der Waals surface area contributed by atoms with Crippen LogP contribution in [0, 0.1) is 0 Å². The first-order chi connectivity index (χ1) is 12.2. The molecule has 154 valence electrons. The second-order valence-corrected chi connectivity index (χ2v) is 10.7. The van der Waals surface area contributed by atoms with E-state index in [4.69, 9.17) is 4.74 Å². The summed E-state index contributed by atoms with van der Waals surface area (Å²) in [5.74, 6) is 1.66. The van der Waals surface area contributed by atoms with Gasteiger partial charge in [0.05, 0.1) is 21.5 Å². The first-order valence-electron chi connectivity index (χ1n) is 8.83. The minimum absolute atomic E-state index is 0. The molecule has 1 saturated heterocycles. The standard InChI is InChI=1S/C18H28BrN3O3S.HI/c1-5-20-17(22-10-11-26(23,24)18(3,4)13-22)21-12-14(2)25-16-9-7-6-8-15(16)19;/h6-9,14H,5,10-13H2,1-4H3,(H,20,21);1H. The van der Waals surface area contributed by atoms with Crippen LogP contribution in [0.5, 0.6) is 5.75 Å². The van der Waals surface area contributed by atoms with E-state index in [2.05, 4.69) is 26.2 Å². The van der Waals surface area contributed by atoms with Gasteiger partial charge in [-0.05, 0) is 55.8 Å². The van der Waals surface area contributed by atoms with E-state index in [9.17, 15) is 8.42 Å². The molecule has 1 heterocycles. The van der Waals surface area contributed by atoms with Gasteiger partial charge in [0.15, 0.2) is 15.8 Å². The maximum Gasteiger partial charge on any atom is 0.194 e. The Hall–Kier alpha value is -0.550. The number of nitrogens with zero attached hydrogens (tertiary/aromatic N) is 2. The summed E-state index contributed by atoms with van der Waals surface area (Å²) in [7, 11) is -3.07. The van der Waals surface area contributed by atoms with Crippen molar-refractivity contribution in [3.63, 3.8) is 0 Å². The van der Waals surface area contributed by atoms with Crippen molar-refractivity contribution in [3.05, 3.63) is 28.7 Å². The van der Waals surface area contributed by atoms with Crippen molar-refractivity contribution in [1.82, 2.24) is 10.2 Å². The summed E-state index contributed by atoms with van der Waals surface area (Å²) in [6.07, 6.45) is -0.108. The SMILES string of the molecule is CCNC(=NCC(C)Oc1ccccc1Br)N1CCS(=O)(=O)C(C)(C)C1.I. The Labute approximate surface area is 188 Å². The number of hydrogen-bond acceptors (Lipinski definition) is 4. The Morgan fingerprint density at radius 1 is 1.41 bits per heavy atom. The predicted molar refractivity (Wildman–Crippen MR) is 125 cm³/mol. The lowest BCUT2D eigenvalue weighted by Crippen LogP contribution is -2.57. The molecule has 1 aliphatic heterocycles. The van der Waals surface area contributed by atoms with Crippen molar-refractivity contribution in [3.8, 4) is 5.75 Å². The molecule has 1 atom stereocenters. The van der Waals surface area contributed by atoms with Crippen molar-refractivity contribution in [2.24, 2.45) is 4.99 Å². The van der Waals surface area contributed by atoms with Gasteiger partial charge in [0.2, 0.25) is 0 Å². The molecule has 27 heavy (non-hydrogen) atoms. The molecule has 0 aromatic heterocycles. The van der Waals surface area contributed by atoms with Crippen molar-refractivity contribution >= 4 is 55.7 Å². The van der Waals surface area contributed by atoms with Crippen LogP contribution in [0.3, 0.4) is 0 Å².